The van der Waals surface area contributed by atoms with E-state index >= 15 is 0 Å². The summed E-state index contributed by atoms with van der Waals surface area (Å²) >= 11 is 0. The summed E-state index contributed by atoms with van der Waals surface area (Å²) < 4.78 is 4.75. The lowest BCUT2D eigenvalue weighted by Crippen LogP contribution is -1.99. The molecule has 3 heteroatoms. The van der Waals surface area contributed by atoms with Gasteiger partial charge in [-0.3, -0.25) is 0 Å². The normalized spacial score (nSPS) is 11.7. The van der Waals surface area contributed by atoms with Crippen molar-refractivity contribution in [3.05, 3.63) is 60.2 Å². The fourth-order valence-electron chi connectivity index (χ4n) is 4.52. The van der Waals surface area contributed by atoms with Gasteiger partial charge in [-0.1, -0.05) is 36.4 Å². The summed E-state index contributed by atoms with van der Waals surface area (Å²) in [5.41, 5.74) is 5.60. The molecule has 2 aromatic heterocycles. The van der Waals surface area contributed by atoms with Crippen LogP contribution in [-0.4, -0.2) is 9.13 Å². The molecule has 0 aliphatic carbocycles. The monoisotopic (exact) mass is 337 g/mol. The first-order chi connectivity index (χ1) is 12.8. The van der Waals surface area contributed by atoms with Gasteiger partial charge >= 0.3 is 0 Å². The second-order valence-corrected chi connectivity index (χ2v) is 6.68. The molecule has 0 spiro atoms. The van der Waals surface area contributed by atoms with Crippen LogP contribution in [0.4, 0.5) is 0 Å². The molecule has 0 aliphatic rings. The number of nitrogens with zero attached hydrogens (tertiary/aromatic N) is 3. The van der Waals surface area contributed by atoms with Gasteiger partial charge in [0.1, 0.15) is 0 Å². The first kappa shape index (κ1) is 15.0. The topological polar surface area (TPSA) is 33.6 Å². The fraction of sp³-hybridized carbons (Fsp3) is 0.174. The molecule has 3 nitrogen and oxygen atoms in total. The van der Waals surface area contributed by atoms with Crippen LogP contribution in [0.25, 0.3) is 43.6 Å². The van der Waals surface area contributed by atoms with Crippen molar-refractivity contribution >= 4 is 43.6 Å². The van der Waals surface area contributed by atoms with Crippen LogP contribution in [0.5, 0.6) is 0 Å². The maximum Gasteiger partial charge on any atom is 0.0999 e. The number of rotatable bonds is 2. The van der Waals surface area contributed by atoms with Gasteiger partial charge in [-0.15, -0.1) is 0 Å². The van der Waals surface area contributed by atoms with Gasteiger partial charge in [0.05, 0.1) is 22.7 Å². The third-order valence-electron chi connectivity index (χ3n) is 5.52. The van der Waals surface area contributed by atoms with Crippen molar-refractivity contribution in [2.24, 2.45) is 0 Å². The van der Waals surface area contributed by atoms with E-state index in [2.05, 4.69) is 83.6 Å². The minimum absolute atomic E-state index is 0.759. The minimum Gasteiger partial charge on any atom is -0.339 e. The van der Waals surface area contributed by atoms with E-state index in [9.17, 15) is 5.26 Å². The second kappa shape index (κ2) is 5.37. The molecular formula is C23H19N3. The Labute approximate surface area is 151 Å². The molecule has 0 fully saturated rings. The summed E-state index contributed by atoms with van der Waals surface area (Å²) in [6.45, 7) is 6.14. The van der Waals surface area contributed by atoms with Crippen LogP contribution >= 0.6 is 0 Å². The Bertz CT molecular complexity index is 1360. The molecule has 0 amide bonds. The van der Waals surface area contributed by atoms with E-state index < -0.39 is 0 Å². The quantitative estimate of drug-likeness (QED) is 0.400. The molecule has 3 aromatic carbocycles. The zero-order valence-electron chi connectivity index (χ0n) is 15.0. The molecule has 0 unspecified atom stereocenters. The molecule has 26 heavy (non-hydrogen) atoms. The number of aryl methyl sites for hydroxylation is 2. The van der Waals surface area contributed by atoms with Crippen molar-refractivity contribution in [1.82, 2.24) is 9.13 Å². The van der Waals surface area contributed by atoms with Gasteiger partial charge in [-0.2, -0.15) is 5.26 Å². The first-order valence-corrected chi connectivity index (χ1v) is 9.15. The van der Waals surface area contributed by atoms with E-state index in [0.29, 0.717) is 0 Å². The Hall–Kier alpha value is -3.25. The lowest BCUT2D eigenvalue weighted by molar-refractivity contribution is 0.808. The van der Waals surface area contributed by atoms with Crippen LogP contribution in [0, 0.1) is 11.3 Å². The van der Waals surface area contributed by atoms with Crippen LogP contribution in [0.1, 0.15) is 19.4 Å². The Kier molecular flexibility index (Phi) is 3.11. The molecular weight excluding hydrogens is 318 g/mol. The van der Waals surface area contributed by atoms with Gasteiger partial charge in [0, 0.05) is 45.7 Å². The van der Waals surface area contributed by atoms with Crippen LogP contribution in [0.3, 0.4) is 0 Å². The predicted molar refractivity (Wildman–Crippen MR) is 109 cm³/mol. The second-order valence-electron chi connectivity index (χ2n) is 6.68. The maximum absolute atomic E-state index is 9.91. The first-order valence-electron chi connectivity index (χ1n) is 9.15. The van der Waals surface area contributed by atoms with Gasteiger partial charge in [-0.25, -0.2) is 0 Å². The van der Waals surface area contributed by atoms with Gasteiger partial charge in [-0.05, 0) is 32.0 Å². The Morgan fingerprint density at radius 2 is 1.35 bits per heavy atom. The highest BCUT2D eigenvalue weighted by molar-refractivity contribution is 6.24. The zero-order chi connectivity index (χ0) is 17.8. The smallest absolute Gasteiger partial charge is 0.0999 e. The van der Waals surface area contributed by atoms with Gasteiger partial charge in [0.25, 0.3) is 0 Å². The number of aromatic nitrogens is 2. The molecule has 126 valence electrons. The van der Waals surface area contributed by atoms with Gasteiger partial charge in [0.15, 0.2) is 0 Å². The molecule has 5 rings (SSSR count). The van der Waals surface area contributed by atoms with E-state index in [4.69, 9.17) is 0 Å². The number of para-hydroxylation sites is 2. The van der Waals surface area contributed by atoms with Crippen molar-refractivity contribution in [1.29, 1.82) is 5.26 Å². The van der Waals surface area contributed by atoms with Crippen molar-refractivity contribution in [2.75, 3.05) is 0 Å². The lowest BCUT2D eigenvalue weighted by Gasteiger charge is -2.09. The molecule has 0 aliphatic heterocycles. The summed E-state index contributed by atoms with van der Waals surface area (Å²) in [7, 11) is 0. The highest BCUT2D eigenvalue weighted by atomic mass is 15.0. The van der Waals surface area contributed by atoms with Crippen LogP contribution in [0.15, 0.2) is 54.6 Å². The molecule has 0 N–H and O–H groups in total. The van der Waals surface area contributed by atoms with E-state index in [1.807, 2.05) is 0 Å². The molecule has 2 heterocycles. The fourth-order valence-corrected chi connectivity index (χ4v) is 4.52. The molecule has 0 bridgehead atoms. The highest BCUT2D eigenvalue weighted by Gasteiger charge is 2.21. The number of nitriles is 1. The minimum atomic E-state index is 0.759. The van der Waals surface area contributed by atoms with E-state index in [1.165, 1.54) is 32.8 Å². The largest absolute Gasteiger partial charge is 0.339 e. The van der Waals surface area contributed by atoms with Crippen molar-refractivity contribution < 1.29 is 0 Å². The van der Waals surface area contributed by atoms with E-state index in [1.54, 1.807) is 0 Å². The summed E-state index contributed by atoms with van der Waals surface area (Å²) in [5.74, 6) is 0. The van der Waals surface area contributed by atoms with Gasteiger partial charge in [0.2, 0.25) is 0 Å². The maximum atomic E-state index is 9.91. The lowest BCUT2D eigenvalue weighted by atomic mass is 10.0. The van der Waals surface area contributed by atoms with Crippen LogP contribution in [-0.2, 0) is 13.1 Å². The van der Waals surface area contributed by atoms with E-state index in [-0.39, 0.29) is 0 Å². The summed E-state index contributed by atoms with van der Waals surface area (Å²) in [4.78, 5) is 0. The summed E-state index contributed by atoms with van der Waals surface area (Å²) in [6, 6.07) is 21.5. The van der Waals surface area contributed by atoms with Crippen molar-refractivity contribution in [3.8, 4) is 6.07 Å². The number of hydrogen-bond acceptors (Lipinski definition) is 1. The third-order valence-corrected chi connectivity index (χ3v) is 5.52. The Balaban J connectivity index is 2.21. The van der Waals surface area contributed by atoms with E-state index in [0.717, 1.165) is 29.4 Å². The average molecular weight is 337 g/mol. The number of benzene rings is 3. The Morgan fingerprint density at radius 3 is 2.00 bits per heavy atom. The molecule has 0 atom stereocenters. The van der Waals surface area contributed by atoms with Crippen LogP contribution in [0.2, 0.25) is 0 Å². The number of fused-ring (bicyclic) bond motifs is 7. The highest BCUT2D eigenvalue weighted by Crippen LogP contribution is 2.40. The summed E-state index contributed by atoms with van der Waals surface area (Å²) in [5, 5.41) is 14.5. The van der Waals surface area contributed by atoms with Crippen LogP contribution < -0.4 is 0 Å². The molecule has 5 aromatic rings. The SMILES string of the molecule is CCn1c2ccccc2c2cc(C#N)c3c4ccccc4n(CC)c3c21. The zero-order valence-corrected chi connectivity index (χ0v) is 15.0. The summed E-state index contributed by atoms with van der Waals surface area (Å²) in [6.07, 6.45) is 0. The standard InChI is InChI=1S/C23H19N3/c1-3-25-19-11-7-5-9-16(19)18-13-15(14-24)21-17-10-6-8-12-20(17)26(4-2)23(21)22(18)25/h5-13H,3-4H2,1-2H3. The van der Waals surface area contributed by atoms with Crippen molar-refractivity contribution in [3.63, 3.8) is 0 Å². The Morgan fingerprint density at radius 1 is 0.769 bits per heavy atom. The third kappa shape index (κ3) is 1.71. The van der Waals surface area contributed by atoms with Crippen molar-refractivity contribution in [2.45, 2.75) is 26.9 Å². The average Bonchev–Trinajstić information content (AvgIpc) is 3.19. The van der Waals surface area contributed by atoms with Gasteiger partial charge < -0.3 is 9.13 Å². The predicted octanol–water partition coefficient (Wildman–Crippen LogP) is 5.81. The molecule has 0 saturated heterocycles. The molecule has 0 saturated carbocycles. The molecule has 0 radical (unpaired) electrons. The number of hydrogen-bond donors (Lipinski definition) is 0.